The zero-order valence-corrected chi connectivity index (χ0v) is 38.4. The Labute approximate surface area is 388 Å². The third kappa shape index (κ3) is 13.0. The van der Waals surface area contributed by atoms with E-state index in [9.17, 15) is 84.2 Å². The largest absolute Gasteiger partial charge is 0.491 e. The number of benzene rings is 2. The summed E-state index contributed by atoms with van der Waals surface area (Å²) in [6, 6.07) is 6.19. The lowest BCUT2D eigenvalue weighted by Gasteiger charge is -2.44. The van der Waals surface area contributed by atoms with Crippen LogP contribution in [0.1, 0.15) is 59.1 Å². The number of amides is 1. The standard InChI is InChI=1S/C42H46F19NO7Si/c1-7-66-32(63)12-10-8-9-11-31(65-6)33(69-34(64)62-30-18-15-27(43)23-29(30)44)26-13-16-28(17-14-26)67-20-21-68-70(24(2)3,25(4)5)22-19-35(45,46)36(47,48)37(49,50)38(51,52)39(53,54)40(55,56)41(57,58)42(59,60)61/h8-10,12-18,23-25,31,33H,7,11,19-22H2,1-6H3,(H,62,64)/b9-8+,12-10+/t31-,33-/m1/s1. The number of nitrogens with one attached hydrogen (secondary N) is 1. The molecule has 2 aromatic carbocycles. The Morgan fingerprint density at radius 3 is 1.71 bits per heavy atom. The Hall–Kier alpha value is -4.73. The van der Waals surface area contributed by atoms with Crippen LogP contribution in [-0.2, 0) is 23.4 Å². The van der Waals surface area contributed by atoms with Crippen molar-refractivity contribution in [3.8, 4) is 5.75 Å². The van der Waals surface area contributed by atoms with Crippen LogP contribution in [0.4, 0.5) is 93.9 Å². The molecule has 28 heteroatoms. The quantitative estimate of drug-likeness (QED) is 0.0251. The molecular formula is C42H46F19NO7Si. The highest BCUT2D eigenvalue weighted by molar-refractivity contribution is 6.76. The minimum atomic E-state index is -8.73. The Morgan fingerprint density at radius 2 is 1.23 bits per heavy atom. The summed E-state index contributed by atoms with van der Waals surface area (Å²) in [6.45, 7) is 5.76. The van der Waals surface area contributed by atoms with Crippen molar-refractivity contribution < 1.29 is 116 Å². The minimum absolute atomic E-state index is 0.0135. The van der Waals surface area contributed by atoms with Gasteiger partial charge < -0.3 is 23.4 Å². The molecule has 70 heavy (non-hydrogen) atoms. The third-order valence-corrected chi connectivity index (χ3v) is 16.4. The van der Waals surface area contributed by atoms with Crippen LogP contribution >= 0.6 is 0 Å². The maximum Gasteiger partial charge on any atom is 0.460 e. The van der Waals surface area contributed by atoms with E-state index in [0.29, 0.717) is 6.07 Å². The number of alkyl halides is 17. The molecule has 2 atom stereocenters. The molecule has 2 aromatic rings. The number of esters is 1. The molecule has 0 aliphatic heterocycles. The van der Waals surface area contributed by atoms with Crippen molar-refractivity contribution in [2.24, 2.45) is 0 Å². The molecular weight excluding hydrogens is 1020 g/mol. The van der Waals surface area contributed by atoms with Gasteiger partial charge in [-0.25, -0.2) is 18.4 Å². The van der Waals surface area contributed by atoms with E-state index in [0.717, 1.165) is 18.2 Å². The van der Waals surface area contributed by atoms with Crippen LogP contribution < -0.4 is 10.1 Å². The first-order chi connectivity index (χ1) is 31.9. The van der Waals surface area contributed by atoms with Crippen molar-refractivity contribution in [1.29, 1.82) is 0 Å². The van der Waals surface area contributed by atoms with Crippen molar-refractivity contribution in [2.45, 2.75) is 124 Å². The van der Waals surface area contributed by atoms with Crippen molar-refractivity contribution in [2.75, 3.05) is 32.2 Å². The average molecular weight is 1070 g/mol. The molecule has 0 unspecified atom stereocenters. The second-order valence-corrected chi connectivity index (χ2v) is 20.8. The Balaban J connectivity index is 2.34. The molecule has 0 radical (unpaired) electrons. The van der Waals surface area contributed by atoms with Crippen LogP contribution in [0, 0.1) is 11.6 Å². The minimum Gasteiger partial charge on any atom is -0.491 e. The van der Waals surface area contributed by atoms with Crippen molar-refractivity contribution in [3.05, 3.63) is 84.0 Å². The summed E-state index contributed by atoms with van der Waals surface area (Å²) in [5, 5.41) is 2.12. The third-order valence-electron chi connectivity index (χ3n) is 10.7. The van der Waals surface area contributed by atoms with Crippen molar-refractivity contribution >= 4 is 26.1 Å². The Bertz CT molecular complexity index is 2090. The summed E-state index contributed by atoms with van der Waals surface area (Å²) in [4.78, 5) is 24.5. The number of ether oxygens (including phenoxy) is 4. The monoisotopic (exact) mass is 1070 g/mol. The number of carbonyl (C=O) groups excluding carboxylic acids is 2. The first-order valence-electron chi connectivity index (χ1n) is 20.4. The van der Waals surface area contributed by atoms with Gasteiger partial charge in [0.2, 0.25) is 0 Å². The van der Waals surface area contributed by atoms with Gasteiger partial charge in [0.1, 0.15) is 30.1 Å². The molecule has 0 bridgehead atoms. The number of methoxy groups -OCH3 is 1. The topological polar surface area (TPSA) is 92.3 Å². The molecule has 0 aliphatic carbocycles. The molecule has 2 rings (SSSR count). The van der Waals surface area contributed by atoms with Crippen LogP contribution in [0.15, 0.2) is 66.8 Å². The van der Waals surface area contributed by atoms with Gasteiger partial charge in [-0.1, -0.05) is 58.1 Å². The smallest absolute Gasteiger partial charge is 0.460 e. The summed E-state index contributed by atoms with van der Waals surface area (Å²) in [5.41, 5.74) is -2.11. The highest BCUT2D eigenvalue weighted by Gasteiger charge is 2.95. The summed E-state index contributed by atoms with van der Waals surface area (Å²) in [6.07, 6.45) is -8.52. The van der Waals surface area contributed by atoms with Crippen molar-refractivity contribution in [3.63, 3.8) is 0 Å². The van der Waals surface area contributed by atoms with Crippen LogP contribution in [0.25, 0.3) is 0 Å². The number of hydrogen-bond acceptors (Lipinski definition) is 7. The Kier molecular flexibility index (Phi) is 20.4. The number of halogens is 19. The predicted octanol–water partition coefficient (Wildman–Crippen LogP) is 13.9. The average Bonchev–Trinajstić information content (AvgIpc) is 3.24. The maximum absolute atomic E-state index is 15.0. The number of carbonyl (C=O) groups is 2. The lowest BCUT2D eigenvalue weighted by molar-refractivity contribution is -0.461. The van der Waals surface area contributed by atoms with Gasteiger partial charge in [0.25, 0.3) is 0 Å². The molecule has 0 fully saturated rings. The first-order valence-corrected chi connectivity index (χ1v) is 22.7. The second kappa shape index (κ2) is 23.2. The van der Waals surface area contributed by atoms with Crippen LogP contribution in [0.3, 0.4) is 0 Å². The first kappa shape index (κ1) is 61.4. The molecule has 0 heterocycles. The van der Waals surface area contributed by atoms with Crippen LogP contribution in [0.5, 0.6) is 5.75 Å². The molecule has 8 nitrogen and oxygen atoms in total. The molecule has 0 saturated heterocycles. The van der Waals surface area contributed by atoms with Gasteiger partial charge in [0.05, 0.1) is 18.9 Å². The molecule has 1 N–H and O–H groups in total. The fourth-order valence-corrected chi connectivity index (χ4v) is 11.1. The van der Waals surface area contributed by atoms with E-state index in [1.165, 1.54) is 77.3 Å². The maximum atomic E-state index is 15.0. The lowest BCUT2D eigenvalue weighted by atomic mass is 9.88. The van der Waals surface area contributed by atoms with Gasteiger partial charge in [-0.2, -0.15) is 74.6 Å². The molecule has 0 saturated carbocycles. The SMILES string of the molecule is CCOC(=O)/C=C/C=C/C[C@@H](OC)[C@H](OC(=O)Nc1ccc(F)cc1F)c1ccc(OCCO[Si](CCC(F)(F)C(F)(F)C(F)(F)C(F)(F)C(F)(F)C(F)(F)C(F)(F)C(F)(F)F)(C(C)C)C(C)C)cc1. The predicted molar refractivity (Wildman–Crippen MR) is 213 cm³/mol. The number of rotatable bonds is 26. The van der Waals surface area contributed by atoms with Crippen LogP contribution in [-0.4, -0.2) is 101 Å². The zero-order chi connectivity index (χ0) is 54.1. The fourth-order valence-electron chi connectivity index (χ4n) is 6.66. The van der Waals surface area contributed by atoms with E-state index in [-0.39, 0.29) is 24.3 Å². The van der Waals surface area contributed by atoms with E-state index >= 15 is 8.78 Å². The number of allylic oxidation sites excluding steroid dienone is 2. The van der Waals surface area contributed by atoms with Crippen molar-refractivity contribution in [1.82, 2.24) is 0 Å². The van der Waals surface area contributed by atoms with Gasteiger partial charge in [0, 0.05) is 25.7 Å². The summed E-state index contributed by atoms with van der Waals surface area (Å²) >= 11 is 0. The Morgan fingerprint density at radius 1 is 0.700 bits per heavy atom. The van der Waals surface area contributed by atoms with E-state index in [1.807, 2.05) is 0 Å². The number of hydrogen-bond donors (Lipinski definition) is 1. The number of anilines is 1. The summed E-state index contributed by atoms with van der Waals surface area (Å²) in [7, 11) is -2.82. The van der Waals surface area contributed by atoms with E-state index in [2.05, 4.69) is 5.32 Å². The van der Waals surface area contributed by atoms with Gasteiger partial charge in [-0.05, 0) is 60.3 Å². The van der Waals surface area contributed by atoms with E-state index in [4.69, 9.17) is 23.4 Å². The molecule has 1 amide bonds. The highest BCUT2D eigenvalue weighted by atomic mass is 28.4. The molecule has 0 spiro atoms. The molecule has 0 aromatic heterocycles. The summed E-state index contributed by atoms with van der Waals surface area (Å²) in [5.74, 6) is -59.7. The van der Waals surface area contributed by atoms with Crippen LogP contribution in [0.2, 0.25) is 17.1 Å². The highest BCUT2D eigenvalue weighted by Crippen LogP contribution is 2.64. The van der Waals surface area contributed by atoms with Gasteiger partial charge in [-0.3, -0.25) is 5.32 Å². The molecule has 0 aliphatic rings. The second-order valence-electron chi connectivity index (χ2n) is 15.8. The van der Waals surface area contributed by atoms with Gasteiger partial charge in [-0.15, -0.1) is 0 Å². The van der Waals surface area contributed by atoms with Gasteiger partial charge in [0.15, 0.2) is 14.4 Å². The van der Waals surface area contributed by atoms with Gasteiger partial charge >= 0.3 is 59.7 Å². The fraction of sp³-hybridized carbons (Fsp3) is 0.571. The lowest BCUT2D eigenvalue weighted by Crippen LogP contribution is -2.74. The summed E-state index contributed by atoms with van der Waals surface area (Å²) < 4.78 is 291. The van der Waals surface area contributed by atoms with E-state index in [1.54, 1.807) is 6.92 Å². The molecule has 398 valence electrons. The normalized spacial score (nSPS) is 15.0. The zero-order valence-electron chi connectivity index (χ0n) is 37.4. The van der Waals surface area contributed by atoms with E-state index < -0.39 is 134 Å².